The molecular weight excluding hydrogens is 228 g/mol. The predicted molar refractivity (Wildman–Crippen MR) is 67.3 cm³/mol. The van der Waals surface area contributed by atoms with Crippen molar-refractivity contribution in [2.75, 3.05) is 7.11 Å². The highest BCUT2D eigenvalue weighted by Crippen LogP contribution is 2.36. The first-order valence-corrected chi connectivity index (χ1v) is 6.06. The fraction of sp³-hybridized carbons (Fsp3) is 0.385. The zero-order chi connectivity index (χ0) is 12.5. The van der Waals surface area contributed by atoms with Gasteiger partial charge in [-0.3, -0.25) is 0 Å². The first kappa shape index (κ1) is 11.2. The van der Waals surface area contributed by atoms with Crippen LogP contribution in [0.25, 0.3) is 0 Å². The van der Waals surface area contributed by atoms with Crippen LogP contribution in [0.15, 0.2) is 30.9 Å². The molecule has 0 aliphatic heterocycles. The quantitative estimate of drug-likeness (QED) is 0.868. The van der Waals surface area contributed by atoms with Crippen molar-refractivity contribution in [3.63, 3.8) is 0 Å². The van der Waals surface area contributed by atoms with E-state index >= 15 is 0 Å². The number of rotatable bonds is 2. The van der Waals surface area contributed by atoms with Crippen molar-refractivity contribution in [1.29, 1.82) is 0 Å². The molecule has 0 saturated heterocycles. The van der Waals surface area contributed by atoms with Gasteiger partial charge in [0.25, 0.3) is 0 Å². The Kier molecular flexibility index (Phi) is 2.76. The van der Waals surface area contributed by atoms with E-state index in [4.69, 9.17) is 10.5 Å². The summed E-state index contributed by atoms with van der Waals surface area (Å²) < 4.78 is 7.11. The van der Waals surface area contributed by atoms with E-state index < -0.39 is 0 Å². The number of ether oxygens (including phenoxy) is 1. The van der Waals surface area contributed by atoms with E-state index in [2.05, 4.69) is 22.2 Å². The van der Waals surface area contributed by atoms with Crippen LogP contribution in [0.4, 0.5) is 0 Å². The minimum absolute atomic E-state index is 0.0404. The number of aromatic nitrogens is 3. The number of hydrogen-bond donors (Lipinski definition) is 1. The van der Waals surface area contributed by atoms with Crippen LogP contribution in [-0.4, -0.2) is 21.9 Å². The first-order chi connectivity index (χ1) is 8.79. The highest BCUT2D eigenvalue weighted by atomic mass is 16.5. The topological polar surface area (TPSA) is 66.0 Å². The fourth-order valence-corrected chi connectivity index (χ4v) is 2.63. The summed E-state index contributed by atoms with van der Waals surface area (Å²) >= 11 is 0. The number of benzene rings is 1. The second-order valence-electron chi connectivity index (χ2n) is 4.57. The van der Waals surface area contributed by atoms with Crippen molar-refractivity contribution in [2.24, 2.45) is 5.73 Å². The minimum Gasteiger partial charge on any atom is -0.497 e. The normalized spacial score (nSPS) is 22.6. The molecule has 1 aliphatic carbocycles. The average molecular weight is 244 g/mol. The van der Waals surface area contributed by atoms with Crippen molar-refractivity contribution in [1.82, 2.24) is 14.8 Å². The highest BCUT2D eigenvalue weighted by Gasteiger charge is 2.28. The van der Waals surface area contributed by atoms with Crippen LogP contribution < -0.4 is 10.5 Å². The zero-order valence-corrected chi connectivity index (χ0v) is 10.3. The van der Waals surface area contributed by atoms with Gasteiger partial charge in [-0.1, -0.05) is 6.07 Å². The standard InChI is InChI=1S/C13H16N4O/c1-18-10-3-4-11-9(6-10)2-5-12(13(11)14)17-8-15-7-16-17/h3-4,6-8,12-13H,2,5,14H2,1H3. The van der Waals surface area contributed by atoms with E-state index in [1.54, 1.807) is 19.8 Å². The maximum atomic E-state index is 6.34. The summed E-state index contributed by atoms with van der Waals surface area (Å²) in [6.07, 6.45) is 5.25. The molecule has 2 aromatic rings. The number of methoxy groups -OCH3 is 1. The Bertz CT molecular complexity index is 538. The summed E-state index contributed by atoms with van der Waals surface area (Å²) in [5.74, 6) is 0.889. The smallest absolute Gasteiger partial charge is 0.137 e. The van der Waals surface area contributed by atoms with Crippen molar-refractivity contribution in [3.05, 3.63) is 42.0 Å². The minimum atomic E-state index is -0.0404. The second-order valence-corrected chi connectivity index (χ2v) is 4.57. The summed E-state index contributed by atoms with van der Waals surface area (Å²) in [6, 6.07) is 6.24. The number of fused-ring (bicyclic) bond motifs is 1. The van der Waals surface area contributed by atoms with Gasteiger partial charge in [-0.2, -0.15) is 5.10 Å². The SMILES string of the molecule is COc1ccc2c(c1)CCC(n1cncn1)C2N. The van der Waals surface area contributed by atoms with Gasteiger partial charge in [0.05, 0.1) is 19.2 Å². The Balaban J connectivity index is 1.95. The molecule has 0 fully saturated rings. The van der Waals surface area contributed by atoms with Gasteiger partial charge in [0.15, 0.2) is 0 Å². The number of hydrogen-bond acceptors (Lipinski definition) is 4. The molecule has 18 heavy (non-hydrogen) atoms. The maximum absolute atomic E-state index is 6.34. The number of nitrogens with zero attached hydrogens (tertiary/aromatic N) is 3. The number of nitrogens with two attached hydrogens (primary N) is 1. The summed E-state index contributed by atoms with van der Waals surface area (Å²) in [5.41, 5.74) is 8.80. The summed E-state index contributed by atoms with van der Waals surface area (Å²) in [4.78, 5) is 3.99. The van der Waals surface area contributed by atoms with Crippen LogP contribution in [0.5, 0.6) is 5.75 Å². The van der Waals surface area contributed by atoms with Crippen molar-refractivity contribution in [2.45, 2.75) is 24.9 Å². The molecule has 5 heteroatoms. The van der Waals surface area contributed by atoms with Crippen LogP contribution in [0.2, 0.25) is 0 Å². The molecule has 0 amide bonds. The Labute approximate surface area is 106 Å². The number of aryl methyl sites for hydroxylation is 1. The van der Waals surface area contributed by atoms with Crippen LogP contribution in [0, 0.1) is 0 Å². The highest BCUT2D eigenvalue weighted by molar-refractivity contribution is 5.39. The molecule has 3 rings (SSSR count). The van der Waals surface area contributed by atoms with Crippen molar-refractivity contribution < 1.29 is 4.74 Å². The average Bonchev–Trinajstić information content (AvgIpc) is 2.92. The molecular formula is C13H16N4O. The Morgan fingerprint density at radius 2 is 2.33 bits per heavy atom. The van der Waals surface area contributed by atoms with Gasteiger partial charge >= 0.3 is 0 Å². The van der Waals surface area contributed by atoms with E-state index in [-0.39, 0.29) is 12.1 Å². The molecule has 2 atom stereocenters. The van der Waals surface area contributed by atoms with Gasteiger partial charge in [0.1, 0.15) is 18.4 Å². The monoisotopic (exact) mass is 244 g/mol. The lowest BCUT2D eigenvalue weighted by molar-refractivity contribution is 0.340. The molecule has 0 bridgehead atoms. The van der Waals surface area contributed by atoms with Crippen molar-refractivity contribution in [3.8, 4) is 5.75 Å². The Morgan fingerprint density at radius 1 is 1.44 bits per heavy atom. The van der Waals surface area contributed by atoms with Crippen molar-refractivity contribution >= 4 is 0 Å². The van der Waals surface area contributed by atoms with Gasteiger partial charge in [-0.05, 0) is 36.1 Å². The summed E-state index contributed by atoms with van der Waals surface area (Å²) in [6.45, 7) is 0. The summed E-state index contributed by atoms with van der Waals surface area (Å²) in [5, 5.41) is 4.20. The van der Waals surface area contributed by atoms with E-state index in [1.807, 2.05) is 10.7 Å². The van der Waals surface area contributed by atoms with Gasteiger partial charge in [0, 0.05) is 0 Å². The molecule has 1 aromatic carbocycles. The third-order valence-electron chi connectivity index (χ3n) is 3.61. The molecule has 1 heterocycles. The van der Waals surface area contributed by atoms with Crippen LogP contribution in [0.1, 0.15) is 29.6 Å². The van der Waals surface area contributed by atoms with Crippen LogP contribution in [-0.2, 0) is 6.42 Å². The lowest BCUT2D eigenvalue weighted by Crippen LogP contribution is -2.30. The molecule has 2 unspecified atom stereocenters. The van der Waals surface area contributed by atoms with E-state index in [1.165, 1.54) is 11.1 Å². The maximum Gasteiger partial charge on any atom is 0.137 e. The second kappa shape index (κ2) is 4.42. The zero-order valence-electron chi connectivity index (χ0n) is 10.3. The molecule has 0 radical (unpaired) electrons. The van der Waals surface area contributed by atoms with Crippen LogP contribution in [0.3, 0.4) is 0 Å². The summed E-state index contributed by atoms with van der Waals surface area (Å²) in [7, 11) is 1.68. The van der Waals surface area contributed by atoms with Gasteiger partial charge in [0.2, 0.25) is 0 Å². The largest absolute Gasteiger partial charge is 0.497 e. The molecule has 5 nitrogen and oxygen atoms in total. The van der Waals surface area contributed by atoms with E-state index in [9.17, 15) is 0 Å². The van der Waals surface area contributed by atoms with Crippen LogP contribution >= 0.6 is 0 Å². The fourth-order valence-electron chi connectivity index (χ4n) is 2.63. The van der Waals surface area contributed by atoms with Gasteiger partial charge in [-0.15, -0.1) is 0 Å². The Morgan fingerprint density at radius 3 is 3.06 bits per heavy atom. The first-order valence-electron chi connectivity index (χ1n) is 6.06. The van der Waals surface area contributed by atoms with E-state index in [0.717, 1.165) is 18.6 Å². The van der Waals surface area contributed by atoms with Gasteiger partial charge < -0.3 is 10.5 Å². The molecule has 1 aliphatic rings. The lowest BCUT2D eigenvalue weighted by Gasteiger charge is -2.31. The molecule has 1 aromatic heterocycles. The molecule has 94 valence electrons. The predicted octanol–water partition coefficient (Wildman–Crippen LogP) is 1.47. The third-order valence-corrected chi connectivity index (χ3v) is 3.61. The third kappa shape index (κ3) is 1.76. The molecule has 0 spiro atoms. The lowest BCUT2D eigenvalue weighted by atomic mass is 9.84. The van der Waals surface area contributed by atoms with E-state index in [0.29, 0.717) is 0 Å². The molecule has 2 N–H and O–H groups in total. The molecule has 0 saturated carbocycles. The van der Waals surface area contributed by atoms with Gasteiger partial charge in [-0.25, -0.2) is 9.67 Å². The Hall–Kier alpha value is -1.88.